The van der Waals surface area contributed by atoms with Crippen LogP contribution in [0.3, 0.4) is 0 Å². The van der Waals surface area contributed by atoms with Crippen molar-refractivity contribution in [3.8, 4) is 0 Å². The van der Waals surface area contributed by atoms with Gasteiger partial charge in [0.2, 0.25) is 0 Å². The lowest BCUT2D eigenvalue weighted by Gasteiger charge is -2.19. The molecule has 0 aliphatic carbocycles. The van der Waals surface area contributed by atoms with Crippen LogP contribution in [0.15, 0.2) is 109 Å². The van der Waals surface area contributed by atoms with Crippen LogP contribution in [0.5, 0.6) is 0 Å². The Kier molecular flexibility index (Phi) is 67.0. The fourth-order valence-corrected chi connectivity index (χ4v) is 10.7. The summed E-state index contributed by atoms with van der Waals surface area (Å²) in [6.45, 7) is 3.65. The first kappa shape index (κ1) is 81.7. The number of hydrogen-bond acceptors (Lipinski definition) is 8. The van der Waals surface area contributed by atoms with E-state index in [4.69, 9.17) is 24.3 Å². The van der Waals surface area contributed by atoms with Gasteiger partial charge in [-0.2, -0.15) is 0 Å². The van der Waals surface area contributed by atoms with Crippen LogP contribution < -0.4 is 5.73 Å². The number of ether oxygens (including phenoxy) is 2. The number of rotatable bonds is 66. The maximum absolute atomic E-state index is 12.8. The minimum Gasteiger partial charge on any atom is -0.462 e. The van der Waals surface area contributed by atoms with E-state index in [1.807, 2.05) is 0 Å². The van der Waals surface area contributed by atoms with Gasteiger partial charge in [-0.05, 0) is 103 Å². The predicted molar refractivity (Wildman–Crippen MR) is 367 cm³/mol. The van der Waals surface area contributed by atoms with Gasteiger partial charge >= 0.3 is 19.8 Å². The van der Waals surface area contributed by atoms with Gasteiger partial charge in [-0.1, -0.05) is 316 Å². The Balaban J connectivity index is 3.88. The van der Waals surface area contributed by atoms with Crippen LogP contribution in [-0.2, 0) is 32.7 Å². The topological polar surface area (TPSA) is 134 Å². The van der Waals surface area contributed by atoms with Crippen molar-refractivity contribution in [2.45, 2.75) is 328 Å². The number of carbonyl (C=O) groups excluding carboxylic acids is 2. The Labute approximate surface area is 524 Å². The molecule has 85 heavy (non-hydrogen) atoms. The molecule has 0 aliphatic heterocycles. The Morgan fingerprint density at radius 2 is 0.647 bits per heavy atom. The molecule has 0 saturated carbocycles. The van der Waals surface area contributed by atoms with E-state index in [-0.39, 0.29) is 38.6 Å². The fourth-order valence-electron chi connectivity index (χ4n) is 9.94. The van der Waals surface area contributed by atoms with Gasteiger partial charge in [-0.25, -0.2) is 4.57 Å². The first-order valence-corrected chi connectivity index (χ1v) is 36.9. The van der Waals surface area contributed by atoms with Crippen molar-refractivity contribution >= 4 is 19.8 Å². The molecule has 0 aromatic rings. The summed E-state index contributed by atoms with van der Waals surface area (Å²) < 4.78 is 33.2. The normalized spacial score (nSPS) is 13.6. The molecule has 0 radical (unpaired) electrons. The van der Waals surface area contributed by atoms with Gasteiger partial charge < -0.3 is 20.1 Å². The molecule has 0 saturated heterocycles. The van der Waals surface area contributed by atoms with Crippen molar-refractivity contribution in [3.05, 3.63) is 109 Å². The molecular weight excluding hydrogens is 1070 g/mol. The Morgan fingerprint density at radius 1 is 0.365 bits per heavy atom. The molecule has 0 bridgehead atoms. The van der Waals surface area contributed by atoms with Crippen LogP contribution in [0, 0.1) is 0 Å². The van der Waals surface area contributed by atoms with Gasteiger partial charge in [0, 0.05) is 19.4 Å². The summed E-state index contributed by atoms with van der Waals surface area (Å²) in [6, 6.07) is 0. The van der Waals surface area contributed by atoms with Gasteiger partial charge in [-0.3, -0.25) is 18.6 Å². The van der Waals surface area contributed by atoms with Crippen LogP contribution in [0.25, 0.3) is 0 Å². The van der Waals surface area contributed by atoms with E-state index < -0.39 is 26.5 Å². The SMILES string of the molecule is CC/C=C\C/C=C\C/C=C\C/C=C\C/C=C\C/C=C\C/C=C\CCCCCCCCCCCCCCCCCC(=O)OC(COC(=O)CCCCCCCCCCCCCCCCC/C=C\C/C=C\CCCCCCC)COP(=O)(O)OCCN. The summed E-state index contributed by atoms with van der Waals surface area (Å²) >= 11 is 0. The van der Waals surface area contributed by atoms with Crippen LogP contribution in [0.4, 0.5) is 0 Å². The minimum absolute atomic E-state index is 0.0510. The van der Waals surface area contributed by atoms with Gasteiger partial charge in [-0.15, -0.1) is 0 Å². The van der Waals surface area contributed by atoms with Crippen LogP contribution in [0.1, 0.15) is 322 Å². The highest BCUT2D eigenvalue weighted by atomic mass is 31.2. The second-order valence-electron chi connectivity index (χ2n) is 23.4. The smallest absolute Gasteiger partial charge is 0.462 e. The lowest BCUT2D eigenvalue weighted by Crippen LogP contribution is -2.29. The molecule has 0 aromatic heterocycles. The molecule has 0 fully saturated rings. The molecule has 0 heterocycles. The van der Waals surface area contributed by atoms with E-state index in [1.54, 1.807) is 0 Å². The van der Waals surface area contributed by atoms with Gasteiger partial charge in [0.05, 0.1) is 13.2 Å². The number of unbranched alkanes of at least 4 members (excludes halogenated alkanes) is 35. The van der Waals surface area contributed by atoms with Crippen molar-refractivity contribution in [3.63, 3.8) is 0 Å². The highest BCUT2D eigenvalue weighted by molar-refractivity contribution is 7.47. The third kappa shape index (κ3) is 69.6. The van der Waals surface area contributed by atoms with Crippen LogP contribution in [-0.4, -0.2) is 49.3 Å². The Bertz CT molecular complexity index is 1760. The van der Waals surface area contributed by atoms with Crippen molar-refractivity contribution in [2.75, 3.05) is 26.4 Å². The zero-order valence-corrected chi connectivity index (χ0v) is 56.0. The summed E-state index contributed by atoms with van der Waals surface area (Å²) in [6.07, 6.45) is 96.1. The molecular formula is C75H132NO8P. The van der Waals surface area contributed by atoms with Crippen LogP contribution >= 0.6 is 7.82 Å². The van der Waals surface area contributed by atoms with E-state index in [0.29, 0.717) is 6.42 Å². The zero-order valence-electron chi connectivity index (χ0n) is 55.1. The maximum Gasteiger partial charge on any atom is 0.472 e. The highest BCUT2D eigenvalue weighted by Crippen LogP contribution is 2.43. The molecule has 0 aromatic carbocycles. The molecule has 0 amide bonds. The van der Waals surface area contributed by atoms with Gasteiger partial charge in [0.15, 0.2) is 6.10 Å². The first-order chi connectivity index (χ1) is 41.8. The van der Waals surface area contributed by atoms with E-state index in [2.05, 4.69) is 123 Å². The Morgan fingerprint density at radius 3 is 0.965 bits per heavy atom. The molecule has 0 aliphatic rings. The van der Waals surface area contributed by atoms with Gasteiger partial charge in [0.25, 0.3) is 0 Å². The van der Waals surface area contributed by atoms with E-state index in [0.717, 1.165) is 89.9 Å². The summed E-state index contributed by atoms with van der Waals surface area (Å²) in [4.78, 5) is 35.4. The third-order valence-electron chi connectivity index (χ3n) is 15.1. The first-order valence-electron chi connectivity index (χ1n) is 35.4. The molecule has 10 heteroatoms. The van der Waals surface area contributed by atoms with Crippen molar-refractivity contribution in [2.24, 2.45) is 5.73 Å². The number of esters is 2. The number of carbonyl (C=O) groups is 2. The molecule has 9 nitrogen and oxygen atoms in total. The molecule has 0 spiro atoms. The van der Waals surface area contributed by atoms with Crippen LogP contribution in [0.2, 0.25) is 0 Å². The quantitative estimate of drug-likeness (QED) is 0.0264. The molecule has 3 N–H and O–H groups in total. The average Bonchev–Trinajstić information content (AvgIpc) is 3.52. The lowest BCUT2D eigenvalue weighted by atomic mass is 10.0. The Hall–Kier alpha value is -3.33. The number of allylic oxidation sites excluding steroid dienone is 18. The summed E-state index contributed by atoms with van der Waals surface area (Å²) in [5.74, 6) is -0.820. The molecule has 2 unspecified atom stereocenters. The maximum atomic E-state index is 12.8. The van der Waals surface area contributed by atoms with Crippen molar-refractivity contribution in [1.82, 2.24) is 0 Å². The molecule has 0 rings (SSSR count). The lowest BCUT2D eigenvalue weighted by molar-refractivity contribution is -0.161. The zero-order chi connectivity index (χ0) is 61.6. The summed E-state index contributed by atoms with van der Waals surface area (Å²) in [7, 11) is -4.40. The highest BCUT2D eigenvalue weighted by Gasteiger charge is 2.26. The predicted octanol–water partition coefficient (Wildman–Crippen LogP) is 23.3. The number of nitrogens with two attached hydrogens (primary N) is 1. The second-order valence-corrected chi connectivity index (χ2v) is 24.8. The number of hydrogen-bond donors (Lipinski definition) is 2. The molecule has 490 valence electrons. The van der Waals surface area contributed by atoms with E-state index in [9.17, 15) is 19.0 Å². The third-order valence-corrected chi connectivity index (χ3v) is 16.1. The monoisotopic (exact) mass is 1210 g/mol. The fraction of sp³-hybridized carbons (Fsp3) is 0.733. The largest absolute Gasteiger partial charge is 0.472 e. The minimum atomic E-state index is -4.40. The van der Waals surface area contributed by atoms with Gasteiger partial charge in [0.1, 0.15) is 6.61 Å². The second kappa shape index (κ2) is 69.8. The van der Waals surface area contributed by atoms with E-state index in [1.165, 1.54) is 199 Å². The van der Waals surface area contributed by atoms with Crippen molar-refractivity contribution in [1.29, 1.82) is 0 Å². The summed E-state index contributed by atoms with van der Waals surface area (Å²) in [5, 5.41) is 0. The summed E-state index contributed by atoms with van der Waals surface area (Å²) in [5.41, 5.74) is 5.40. The van der Waals surface area contributed by atoms with E-state index >= 15 is 0 Å². The standard InChI is InChI=1S/C75H132NO8P/c1-3-5-7-9-11-13-15-17-19-21-23-25-27-29-31-32-33-34-35-36-37-38-39-40-42-44-46-48-50-52-54-56-58-60-62-64-66-68-75(78)84-73(72-83-85(79,80)82-70-69-76)71-81-74(77)67-65-63-61-59-57-55-53-51-49-47-45-43-41-30-28-26-24-22-20-18-16-14-12-10-8-6-4-2/h5,7,11,13,16-19,22-25,29,31,33-34,36-37,73H,3-4,6,8-10,12,14-15,20-21,26-28,30,32,35,38-72,76H2,1-2H3,(H,79,80)/b7-5-,13-11-,18-16-,19-17-,24-22-,25-23-,31-29-,34-33-,37-36-. The number of phosphoric ester groups is 1. The molecule has 2 atom stereocenters. The number of phosphoric acid groups is 1. The average molecular weight is 1210 g/mol. The van der Waals surface area contributed by atoms with Crippen molar-refractivity contribution < 1.29 is 37.6 Å².